The summed E-state index contributed by atoms with van der Waals surface area (Å²) in [7, 11) is 0. The minimum absolute atomic E-state index is 0.0293. The molecule has 0 radical (unpaired) electrons. The molecular weight excluding hydrogens is 438 g/mol. The standard InChI is InChI=1S/C19H16Cl3FN6/c1-11-10-28(18-17(21)24-4-5-25-18)6-7-29(11)16-9-15(26-19(22)27-16)12-2-3-14(23)13(20)8-12/h2-5,8-9,11H,6-7,10H2,1H3. The molecule has 10 heteroatoms. The maximum absolute atomic E-state index is 13.5. The molecule has 0 spiro atoms. The van der Waals surface area contributed by atoms with Gasteiger partial charge in [0.15, 0.2) is 11.0 Å². The number of rotatable bonds is 3. The highest BCUT2D eigenvalue weighted by Crippen LogP contribution is 2.30. The van der Waals surface area contributed by atoms with Crippen molar-refractivity contribution in [1.82, 2.24) is 19.9 Å². The molecule has 3 aromatic rings. The Morgan fingerprint density at radius 1 is 1.03 bits per heavy atom. The SMILES string of the molecule is CC1CN(c2nccnc2Cl)CCN1c1cc(-c2ccc(F)c(Cl)c2)nc(Cl)n1. The molecule has 0 aliphatic carbocycles. The van der Waals surface area contributed by atoms with Gasteiger partial charge in [-0.1, -0.05) is 23.2 Å². The van der Waals surface area contributed by atoms with Crippen molar-refractivity contribution in [3.05, 3.63) is 57.9 Å². The van der Waals surface area contributed by atoms with E-state index in [1.54, 1.807) is 18.5 Å². The Balaban J connectivity index is 1.60. The molecular formula is C19H16Cl3FN6. The number of anilines is 2. The van der Waals surface area contributed by atoms with Gasteiger partial charge in [0, 0.05) is 49.7 Å². The van der Waals surface area contributed by atoms with Crippen molar-refractivity contribution >= 4 is 46.4 Å². The normalized spacial score (nSPS) is 16.9. The highest BCUT2D eigenvalue weighted by atomic mass is 35.5. The molecule has 0 saturated carbocycles. The minimum atomic E-state index is -0.483. The fourth-order valence-electron chi connectivity index (χ4n) is 3.37. The third-order valence-corrected chi connectivity index (χ3v) is 5.48. The second kappa shape index (κ2) is 8.26. The first-order chi connectivity index (χ1) is 13.9. The fraction of sp³-hybridized carbons (Fsp3) is 0.263. The number of halogens is 4. The Bertz CT molecular complexity index is 1050. The van der Waals surface area contributed by atoms with Crippen molar-refractivity contribution in [2.75, 3.05) is 29.4 Å². The van der Waals surface area contributed by atoms with E-state index in [1.165, 1.54) is 12.1 Å². The molecule has 1 aliphatic rings. The van der Waals surface area contributed by atoms with Crippen LogP contribution in [0.2, 0.25) is 15.5 Å². The van der Waals surface area contributed by atoms with Crippen molar-refractivity contribution in [3.8, 4) is 11.3 Å². The van der Waals surface area contributed by atoms with Crippen molar-refractivity contribution in [2.45, 2.75) is 13.0 Å². The van der Waals surface area contributed by atoms with Gasteiger partial charge in [-0.3, -0.25) is 0 Å². The fourth-order valence-corrected chi connectivity index (χ4v) is 3.96. The maximum atomic E-state index is 13.5. The summed E-state index contributed by atoms with van der Waals surface area (Å²) < 4.78 is 13.5. The van der Waals surface area contributed by atoms with E-state index in [1.807, 2.05) is 6.07 Å². The number of benzene rings is 1. The van der Waals surface area contributed by atoms with Crippen LogP contribution in [0.5, 0.6) is 0 Å². The first-order valence-electron chi connectivity index (χ1n) is 8.90. The number of hydrogen-bond donors (Lipinski definition) is 0. The molecule has 4 rings (SSSR count). The lowest BCUT2D eigenvalue weighted by Crippen LogP contribution is -2.52. The van der Waals surface area contributed by atoms with Gasteiger partial charge in [-0.15, -0.1) is 0 Å². The molecule has 1 aromatic carbocycles. The number of hydrogen-bond acceptors (Lipinski definition) is 6. The lowest BCUT2D eigenvalue weighted by molar-refractivity contribution is 0.542. The van der Waals surface area contributed by atoms with Crippen molar-refractivity contribution in [1.29, 1.82) is 0 Å². The highest BCUT2D eigenvalue weighted by molar-refractivity contribution is 6.31. The molecule has 1 atom stereocenters. The van der Waals surface area contributed by atoms with Crippen LogP contribution in [0.1, 0.15) is 6.92 Å². The van der Waals surface area contributed by atoms with Gasteiger partial charge in [-0.05, 0) is 36.7 Å². The summed E-state index contributed by atoms with van der Waals surface area (Å²) in [6, 6.07) is 6.38. The minimum Gasteiger partial charge on any atom is -0.350 e. The van der Waals surface area contributed by atoms with Gasteiger partial charge < -0.3 is 9.80 Å². The average Bonchev–Trinajstić information content (AvgIpc) is 2.70. The number of aromatic nitrogens is 4. The Labute approximate surface area is 182 Å². The zero-order valence-electron chi connectivity index (χ0n) is 15.4. The smallest absolute Gasteiger partial charge is 0.224 e. The van der Waals surface area contributed by atoms with Crippen LogP contribution in [0.25, 0.3) is 11.3 Å². The molecule has 1 saturated heterocycles. The summed E-state index contributed by atoms with van der Waals surface area (Å²) in [5, 5.41) is 0.528. The monoisotopic (exact) mass is 452 g/mol. The van der Waals surface area contributed by atoms with E-state index in [-0.39, 0.29) is 16.3 Å². The summed E-state index contributed by atoms with van der Waals surface area (Å²) >= 11 is 18.3. The second-order valence-electron chi connectivity index (χ2n) is 6.67. The molecule has 0 bridgehead atoms. The van der Waals surface area contributed by atoms with E-state index in [0.29, 0.717) is 47.7 Å². The lowest BCUT2D eigenvalue weighted by Gasteiger charge is -2.41. The molecule has 0 N–H and O–H groups in total. The highest BCUT2D eigenvalue weighted by Gasteiger charge is 2.27. The predicted molar refractivity (Wildman–Crippen MR) is 114 cm³/mol. The van der Waals surface area contributed by atoms with E-state index >= 15 is 0 Å². The van der Waals surface area contributed by atoms with Crippen LogP contribution in [0.3, 0.4) is 0 Å². The molecule has 0 amide bonds. The number of piperazine rings is 1. The summed E-state index contributed by atoms with van der Waals surface area (Å²) in [5.74, 6) is 0.879. The van der Waals surface area contributed by atoms with Crippen LogP contribution in [-0.2, 0) is 0 Å². The van der Waals surface area contributed by atoms with Crippen LogP contribution < -0.4 is 9.80 Å². The first-order valence-corrected chi connectivity index (χ1v) is 10.0. The molecule has 1 aliphatic heterocycles. The van der Waals surface area contributed by atoms with Gasteiger partial charge in [0.2, 0.25) is 5.28 Å². The predicted octanol–water partition coefficient (Wildman–Crippen LogP) is 4.75. The molecule has 1 fully saturated rings. The average molecular weight is 454 g/mol. The van der Waals surface area contributed by atoms with Crippen LogP contribution >= 0.6 is 34.8 Å². The van der Waals surface area contributed by atoms with Crippen molar-refractivity contribution in [3.63, 3.8) is 0 Å². The van der Waals surface area contributed by atoms with Gasteiger partial charge in [0.25, 0.3) is 0 Å². The van der Waals surface area contributed by atoms with Gasteiger partial charge in [0.05, 0.1) is 10.7 Å². The topological polar surface area (TPSA) is 58.0 Å². The third kappa shape index (κ3) is 4.22. The second-order valence-corrected chi connectivity index (χ2v) is 7.77. The Hall–Kier alpha value is -2.22. The molecule has 150 valence electrons. The van der Waals surface area contributed by atoms with E-state index in [9.17, 15) is 4.39 Å². The summed E-state index contributed by atoms with van der Waals surface area (Å²) in [4.78, 5) is 21.3. The third-order valence-electron chi connectivity index (χ3n) is 4.76. The molecule has 6 nitrogen and oxygen atoms in total. The van der Waals surface area contributed by atoms with Gasteiger partial charge >= 0.3 is 0 Å². The quantitative estimate of drug-likeness (QED) is 0.534. The van der Waals surface area contributed by atoms with Gasteiger partial charge in [-0.25, -0.2) is 24.3 Å². The van der Waals surface area contributed by atoms with Crippen molar-refractivity contribution in [2.24, 2.45) is 0 Å². The Kier molecular flexibility index (Phi) is 5.72. The Morgan fingerprint density at radius 3 is 2.55 bits per heavy atom. The summed E-state index contributed by atoms with van der Waals surface area (Å²) in [5.41, 5.74) is 1.24. The van der Waals surface area contributed by atoms with Crippen molar-refractivity contribution < 1.29 is 4.39 Å². The summed E-state index contributed by atoms with van der Waals surface area (Å²) in [6.45, 7) is 4.16. The van der Waals surface area contributed by atoms with E-state index in [4.69, 9.17) is 34.8 Å². The summed E-state index contributed by atoms with van der Waals surface area (Å²) in [6.07, 6.45) is 3.19. The van der Waals surface area contributed by atoms with Gasteiger partial charge in [-0.2, -0.15) is 0 Å². The van der Waals surface area contributed by atoms with Crippen LogP contribution in [0.15, 0.2) is 36.7 Å². The molecule has 2 aromatic heterocycles. The Morgan fingerprint density at radius 2 is 1.83 bits per heavy atom. The van der Waals surface area contributed by atoms with Crippen LogP contribution in [-0.4, -0.2) is 45.6 Å². The maximum Gasteiger partial charge on any atom is 0.224 e. The largest absolute Gasteiger partial charge is 0.350 e. The van der Waals surface area contributed by atoms with E-state index < -0.39 is 5.82 Å². The van der Waals surface area contributed by atoms with Crippen LogP contribution in [0, 0.1) is 5.82 Å². The first kappa shape index (κ1) is 20.1. The van der Waals surface area contributed by atoms with E-state index in [2.05, 4.69) is 36.7 Å². The van der Waals surface area contributed by atoms with Crippen LogP contribution in [0.4, 0.5) is 16.0 Å². The molecule has 1 unspecified atom stereocenters. The zero-order chi connectivity index (χ0) is 20.5. The molecule has 3 heterocycles. The molecule has 29 heavy (non-hydrogen) atoms. The zero-order valence-corrected chi connectivity index (χ0v) is 17.6. The van der Waals surface area contributed by atoms with Gasteiger partial charge in [0.1, 0.15) is 11.6 Å². The number of nitrogens with zero attached hydrogens (tertiary/aromatic N) is 6. The van der Waals surface area contributed by atoms with E-state index in [0.717, 1.165) is 0 Å². The lowest BCUT2D eigenvalue weighted by atomic mass is 10.1.